The van der Waals surface area contributed by atoms with Crippen molar-refractivity contribution in [3.8, 4) is 0 Å². The molecule has 11 heteroatoms. The molecule has 10 nitrogen and oxygen atoms in total. The number of carbonyl (C=O) groups is 2. The minimum Gasteiger partial charge on any atom is -0.480 e. The standard InChI is InChI=1S/C14H28N4O5.2C2H6.H2O.Y/c1-15-2-4-16(10-13(20)21)6-7-17(11-14(22)23)8-9-18(12-19)5-3-15;2*1-2;;/h19H,2-12H2,1H3,(H,20,21)(H,22,23);2*1-2H3;1H2;. The van der Waals surface area contributed by atoms with Gasteiger partial charge in [0, 0.05) is 85.1 Å². The van der Waals surface area contributed by atoms with E-state index in [1.165, 1.54) is 0 Å². The Balaban J connectivity index is -0.000000488. The summed E-state index contributed by atoms with van der Waals surface area (Å²) in [5.74, 6) is -1.78. The van der Waals surface area contributed by atoms with Gasteiger partial charge in [-0.25, -0.2) is 0 Å². The summed E-state index contributed by atoms with van der Waals surface area (Å²) < 4.78 is 0. The van der Waals surface area contributed by atoms with Gasteiger partial charge in [0.25, 0.3) is 0 Å². The van der Waals surface area contributed by atoms with Crippen LogP contribution in [0.5, 0.6) is 0 Å². The quantitative estimate of drug-likeness (QED) is 0.443. The number of likely N-dealkylation sites (N-methyl/N-ethyl adjacent to an activating group) is 1. The van der Waals surface area contributed by atoms with Gasteiger partial charge >= 0.3 is 11.9 Å². The number of aliphatic carboxylic acids is 2. The fraction of sp³-hybridized carbons (Fsp3) is 0.889. The second-order valence-electron chi connectivity index (χ2n) is 5.90. The Morgan fingerprint density at radius 2 is 0.966 bits per heavy atom. The summed E-state index contributed by atoms with van der Waals surface area (Å²) in [5.41, 5.74) is 0. The van der Waals surface area contributed by atoms with Gasteiger partial charge in [0.05, 0.1) is 19.8 Å². The summed E-state index contributed by atoms with van der Waals surface area (Å²) >= 11 is 0. The van der Waals surface area contributed by atoms with Crippen LogP contribution in [0.1, 0.15) is 27.7 Å². The summed E-state index contributed by atoms with van der Waals surface area (Å²) in [4.78, 5) is 29.5. The normalized spacial score (nSPS) is 17.4. The molecule has 0 aromatic carbocycles. The Morgan fingerprint density at radius 1 is 0.690 bits per heavy atom. The van der Waals surface area contributed by atoms with E-state index in [0.29, 0.717) is 39.3 Å². The van der Waals surface area contributed by atoms with E-state index >= 15 is 0 Å². The second-order valence-corrected chi connectivity index (χ2v) is 5.90. The Labute approximate surface area is 201 Å². The van der Waals surface area contributed by atoms with Crippen molar-refractivity contribution < 1.29 is 63.1 Å². The largest absolute Gasteiger partial charge is 0.480 e. The molecule has 1 rings (SSSR count). The van der Waals surface area contributed by atoms with Gasteiger partial charge in [-0.15, -0.1) is 0 Å². The van der Waals surface area contributed by atoms with Crippen LogP contribution in [0.15, 0.2) is 0 Å². The van der Waals surface area contributed by atoms with Crippen molar-refractivity contribution in [2.24, 2.45) is 0 Å². The summed E-state index contributed by atoms with van der Waals surface area (Å²) in [6, 6.07) is 0. The van der Waals surface area contributed by atoms with Gasteiger partial charge in [-0.05, 0) is 7.05 Å². The maximum atomic E-state index is 11.0. The minimum atomic E-state index is -0.905. The van der Waals surface area contributed by atoms with E-state index in [0.717, 1.165) is 13.1 Å². The van der Waals surface area contributed by atoms with Crippen LogP contribution in [0.25, 0.3) is 0 Å². The molecule has 1 aliphatic heterocycles. The van der Waals surface area contributed by atoms with Crippen molar-refractivity contribution in [3.63, 3.8) is 0 Å². The number of rotatable bonds is 5. The average molecular weight is 499 g/mol. The van der Waals surface area contributed by atoms with Gasteiger partial charge in [0.1, 0.15) is 0 Å². The van der Waals surface area contributed by atoms with Gasteiger partial charge < -0.3 is 25.7 Å². The van der Waals surface area contributed by atoms with Crippen molar-refractivity contribution in [3.05, 3.63) is 0 Å². The van der Waals surface area contributed by atoms with E-state index in [1.54, 1.807) is 4.90 Å². The van der Waals surface area contributed by atoms with Crippen LogP contribution >= 0.6 is 0 Å². The number of carboxylic acid groups (broad SMARTS) is 2. The topological polar surface area (TPSA) is 139 Å². The predicted molar refractivity (Wildman–Crippen MR) is 111 cm³/mol. The number of aliphatic hydroxyl groups excluding tert-OH is 1. The van der Waals surface area contributed by atoms with Crippen LogP contribution in [0.3, 0.4) is 0 Å². The molecule has 1 saturated heterocycles. The van der Waals surface area contributed by atoms with E-state index in [2.05, 4.69) is 4.90 Å². The molecular weight excluding hydrogens is 457 g/mol. The van der Waals surface area contributed by atoms with Crippen molar-refractivity contribution >= 4 is 11.9 Å². The molecule has 0 atom stereocenters. The van der Waals surface area contributed by atoms with Crippen molar-refractivity contribution in [2.45, 2.75) is 27.7 Å². The maximum absolute atomic E-state index is 11.0. The van der Waals surface area contributed by atoms with Crippen LogP contribution in [-0.2, 0) is 42.3 Å². The average Bonchev–Trinajstić information content (AvgIpc) is 2.65. The van der Waals surface area contributed by atoms with E-state index in [1.807, 2.05) is 44.5 Å². The van der Waals surface area contributed by atoms with E-state index in [9.17, 15) is 14.7 Å². The van der Waals surface area contributed by atoms with Crippen LogP contribution in [0.4, 0.5) is 0 Å². The first-order valence-corrected chi connectivity index (χ1v) is 9.80. The fourth-order valence-corrected chi connectivity index (χ4v) is 2.48. The third kappa shape index (κ3) is 20.8. The first-order valence-electron chi connectivity index (χ1n) is 9.80. The zero-order chi connectivity index (χ0) is 21.2. The van der Waals surface area contributed by atoms with Crippen molar-refractivity contribution in [1.82, 2.24) is 19.6 Å². The van der Waals surface area contributed by atoms with Gasteiger partial charge in [-0.2, -0.15) is 0 Å². The van der Waals surface area contributed by atoms with Crippen LogP contribution in [0.2, 0.25) is 0 Å². The zero-order valence-electron chi connectivity index (χ0n) is 18.8. The Morgan fingerprint density at radius 3 is 1.28 bits per heavy atom. The first kappa shape index (κ1) is 36.2. The molecule has 173 valence electrons. The van der Waals surface area contributed by atoms with Gasteiger partial charge in [-0.3, -0.25) is 24.3 Å². The van der Waals surface area contributed by atoms with Gasteiger partial charge in [-0.1, -0.05) is 27.7 Å². The molecular formula is C18H42N4O6Y. The first-order chi connectivity index (χ1) is 12.9. The molecule has 5 N–H and O–H groups in total. The molecule has 0 spiro atoms. The van der Waals surface area contributed by atoms with Crippen LogP contribution in [-0.4, -0.2) is 132 Å². The summed E-state index contributed by atoms with van der Waals surface area (Å²) in [6.07, 6.45) is 0. The van der Waals surface area contributed by atoms with Gasteiger partial charge in [0.2, 0.25) is 0 Å². The molecule has 0 saturated carbocycles. The molecule has 0 amide bonds. The van der Waals surface area contributed by atoms with E-state index < -0.39 is 11.9 Å². The third-order valence-electron chi connectivity index (χ3n) is 3.98. The molecule has 0 bridgehead atoms. The maximum Gasteiger partial charge on any atom is 0.317 e. The summed E-state index contributed by atoms with van der Waals surface area (Å²) in [7, 11) is 1.97. The molecule has 1 heterocycles. The Hall–Kier alpha value is -0.196. The minimum absolute atomic E-state index is 0. The molecule has 0 aliphatic carbocycles. The number of aliphatic hydroxyl groups is 1. The van der Waals surface area contributed by atoms with Crippen molar-refractivity contribution in [1.29, 1.82) is 0 Å². The summed E-state index contributed by atoms with van der Waals surface area (Å²) in [6.45, 7) is 12.7. The monoisotopic (exact) mass is 499 g/mol. The molecule has 1 radical (unpaired) electrons. The Kier molecular flexibility index (Phi) is 30.0. The van der Waals surface area contributed by atoms with E-state index in [-0.39, 0.29) is 58.0 Å². The zero-order valence-corrected chi connectivity index (χ0v) is 21.6. The number of hydrogen-bond acceptors (Lipinski definition) is 7. The summed E-state index contributed by atoms with van der Waals surface area (Å²) in [5, 5.41) is 27.4. The van der Waals surface area contributed by atoms with Crippen molar-refractivity contribution in [2.75, 3.05) is 79.2 Å². The fourth-order valence-electron chi connectivity index (χ4n) is 2.48. The third-order valence-corrected chi connectivity index (χ3v) is 3.98. The smallest absolute Gasteiger partial charge is 0.317 e. The molecule has 29 heavy (non-hydrogen) atoms. The predicted octanol–water partition coefficient (Wildman–Crippen LogP) is -0.818. The molecule has 1 fully saturated rings. The number of carboxylic acids is 2. The number of nitrogens with zero attached hydrogens (tertiary/aromatic N) is 4. The number of hydrogen-bond donors (Lipinski definition) is 3. The SMILES string of the molecule is CC.CC.CN1CCN(CO)CCN(CC(=O)O)CCN(CC(=O)O)CC1.O.[Y]. The molecule has 0 aromatic rings. The molecule has 0 unspecified atom stereocenters. The molecule has 0 aromatic heterocycles. The second kappa shape index (κ2) is 24.1. The van der Waals surface area contributed by atoms with Crippen LogP contribution in [0, 0.1) is 0 Å². The Bertz CT molecular complexity index is 393. The van der Waals surface area contributed by atoms with E-state index in [4.69, 9.17) is 10.2 Å². The van der Waals surface area contributed by atoms with Crippen LogP contribution < -0.4 is 0 Å². The molecule has 1 aliphatic rings. The van der Waals surface area contributed by atoms with Gasteiger partial charge in [0.15, 0.2) is 0 Å².